The molecule has 0 fully saturated rings. The summed E-state index contributed by atoms with van der Waals surface area (Å²) in [6.45, 7) is 1.47. The van der Waals surface area contributed by atoms with Crippen LogP contribution in [0.3, 0.4) is 0 Å². The molecule has 128 valence electrons. The standard InChI is InChI=1S/C16H14ClF3N2O2/c1-10(24-12-8-6-11(17)7-9-12)15(23)22-21-14-5-3-2-4-13(14)16(18,19)20/h2-10,21H,1H3,(H,22,23). The van der Waals surface area contributed by atoms with Crippen molar-refractivity contribution in [3.63, 3.8) is 0 Å². The Hall–Kier alpha value is -2.41. The SMILES string of the molecule is CC(Oc1ccc(Cl)cc1)C(=O)NNc1ccccc1C(F)(F)F. The number of benzene rings is 2. The first-order valence-corrected chi connectivity index (χ1v) is 7.29. The van der Waals surface area contributed by atoms with E-state index < -0.39 is 23.8 Å². The quantitative estimate of drug-likeness (QED) is 0.785. The van der Waals surface area contributed by atoms with Gasteiger partial charge in [-0.15, -0.1) is 0 Å². The molecule has 8 heteroatoms. The van der Waals surface area contributed by atoms with E-state index in [9.17, 15) is 18.0 Å². The van der Waals surface area contributed by atoms with Gasteiger partial charge in [-0.1, -0.05) is 23.7 Å². The number of para-hydroxylation sites is 1. The summed E-state index contributed by atoms with van der Waals surface area (Å²) in [6, 6.07) is 11.2. The van der Waals surface area contributed by atoms with Crippen molar-refractivity contribution >= 4 is 23.2 Å². The number of carbonyl (C=O) groups excluding carboxylic acids is 1. The van der Waals surface area contributed by atoms with Gasteiger partial charge in [0.25, 0.3) is 5.91 Å². The van der Waals surface area contributed by atoms with Gasteiger partial charge in [-0.2, -0.15) is 13.2 Å². The van der Waals surface area contributed by atoms with Crippen LogP contribution in [0.25, 0.3) is 0 Å². The Morgan fingerprint density at radius 1 is 1.12 bits per heavy atom. The second kappa shape index (κ2) is 7.44. The van der Waals surface area contributed by atoms with Gasteiger partial charge < -0.3 is 4.74 Å². The molecule has 0 aliphatic heterocycles. The first kappa shape index (κ1) is 17.9. The summed E-state index contributed by atoms with van der Waals surface area (Å²) in [4.78, 5) is 11.9. The third-order valence-corrected chi connectivity index (χ3v) is 3.30. The molecule has 1 amide bonds. The highest BCUT2D eigenvalue weighted by Gasteiger charge is 2.33. The number of rotatable bonds is 5. The van der Waals surface area contributed by atoms with Crippen molar-refractivity contribution in [2.45, 2.75) is 19.2 Å². The molecular weight excluding hydrogens is 345 g/mol. The van der Waals surface area contributed by atoms with Crippen LogP contribution in [0.15, 0.2) is 48.5 Å². The van der Waals surface area contributed by atoms with Crippen LogP contribution in [0, 0.1) is 0 Å². The van der Waals surface area contributed by atoms with E-state index in [4.69, 9.17) is 16.3 Å². The van der Waals surface area contributed by atoms with Crippen molar-refractivity contribution in [3.05, 3.63) is 59.1 Å². The van der Waals surface area contributed by atoms with Gasteiger partial charge >= 0.3 is 6.18 Å². The summed E-state index contributed by atoms with van der Waals surface area (Å²) in [5.41, 5.74) is 3.35. The summed E-state index contributed by atoms with van der Waals surface area (Å²) < 4.78 is 44.0. The minimum atomic E-state index is -4.53. The molecule has 0 bridgehead atoms. The summed E-state index contributed by atoms with van der Waals surface area (Å²) in [5.74, 6) is -0.209. The highest BCUT2D eigenvalue weighted by atomic mass is 35.5. The average Bonchev–Trinajstić information content (AvgIpc) is 2.54. The molecule has 2 aromatic rings. The fourth-order valence-electron chi connectivity index (χ4n) is 1.84. The number of hydrazine groups is 1. The Kier molecular flexibility index (Phi) is 5.56. The molecule has 2 rings (SSSR count). The van der Waals surface area contributed by atoms with Crippen LogP contribution in [0.5, 0.6) is 5.75 Å². The molecular formula is C16H14ClF3N2O2. The lowest BCUT2D eigenvalue weighted by atomic mass is 10.2. The van der Waals surface area contributed by atoms with Crippen LogP contribution < -0.4 is 15.6 Å². The fraction of sp³-hybridized carbons (Fsp3) is 0.188. The van der Waals surface area contributed by atoms with E-state index in [1.165, 1.54) is 25.1 Å². The molecule has 0 aromatic heterocycles. The van der Waals surface area contributed by atoms with Crippen LogP contribution in [-0.4, -0.2) is 12.0 Å². The average molecular weight is 359 g/mol. The molecule has 0 heterocycles. The smallest absolute Gasteiger partial charge is 0.418 e. The number of anilines is 1. The van der Waals surface area contributed by atoms with E-state index in [0.29, 0.717) is 10.8 Å². The van der Waals surface area contributed by atoms with Crippen molar-refractivity contribution in [3.8, 4) is 5.75 Å². The summed E-state index contributed by atoms with van der Waals surface area (Å²) in [7, 11) is 0. The van der Waals surface area contributed by atoms with Gasteiger partial charge in [0.15, 0.2) is 6.10 Å². The van der Waals surface area contributed by atoms with Crippen molar-refractivity contribution in [2.75, 3.05) is 5.43 Å². The summed E-state index contributed by atoms with van der Waals surface area (Å²) >= 11 is 5.74. The largest absolute Gasteiger partial charge is 0.481 e. The van der Waals surface area contributed by atoms with Crippen molar-refractivity contribution in [2.24, 2.45) is 0 Å². The van der Waals surface area contributed by atoms with E-state index in [-0.39, 0.29) is 5.69 Å². The number of halogens is 4. The fourth-order valence-corrected chi connectivity index (χ4v) is 1.97. The molecule has 2 aromatic carbocycles. The highest BCUT2D eigenvalue weighted by Crippen LogP contribution is 2.34. The van der Waals surface area contributed by atoms with Crippen molar-refractivity contribution in [1.82, 2.24) is 5.43 Å². The molecule has 1 unspecified atom stereocenters. The lowest BCUT2D eigenvalue weighted by Crippen LogP contribution is -2.40. The second-order valence-electron chi connectivity index (χ2n) is 4.87. The maximum Gasteiger partial charge on any atom is 0.418 e. The highest BCUT2D eigenvalue weighted by molar-refractivity contribution is 6.30. The number of hydrogen-bond acceptors (Lipinski definition) is 3. The molecule has 0 aliphatic rings. The van der Waals surface area contributed by atoms with E-state index in [1.807, 2.05) is 0 Å². The van der Waals surface area contributed by atoms with E-state index in [1.54, 1.807) is 24.3 Å². The number of alkyl halides is 3. The topological polar surface area (TPSA) is 50.4 Å². The van der Waals surface area contributed by atoms with Crippen LogP contribution >= 0.6 is 11.6 Å². The maximum atomic E-state index is 12.9. The van der Waals surface area contributed by atoms with Crippen LogP contribution in [-0.2, 0) is 11.0 Å². The zero-order chi connectivity index (χ0) is 17.7. The molecule has 2 N–H and O–H groups in total. The first-order chi connectivity index (χ1) is 11.3. The predicted octanol–water partition coefficient (Wildman–Crippen LogP) is 4.27. The van der Waals surface area contributed by atoms with Crippen LogP contribution in [0.2, 0.25) is 5.02 Å². The van der Waals surface area contributed by atoms with Gasteiger partial charge in [-0.05, 0) is 43.3 Å². The molecule has 24 heavy (non-hydrogen) atoms. The number of carbonyl (C=O) groups is 1. The lowest BCUT2D eigenvalue weighted by molar-refractivity contribution is -0.137. The predicted molar refractivity (Wildman–Crippen MR) is 84.8 cm³/mol. The molecule has 0 spiro atoms. The summed E-state index contributed by atoms with van der Waals surface area (Å²) in [5, 5.41) is 0.518. The zero-order valence-corrected chi connectivity index (χ0v) is 13.3. The lowest BCUT2D eigenvalue weighted by Gasteiger charge is -2.18. The molecule has 0 saturated heterocycles. The first-order valence-electron chi connectivity index (χ1n) is 6.91. The van der Waals surface area contributed by atoms with Gasteiger partial charge in [-0.25, -0.2) is 0 Å². The van der Waals surface area contributed by atoms with Gasteiger partial charge in [0, 0.05) is 5.02 Å². The molecule has 4 nitrogen and oxygen atoms in total. The third-order valence-electron chi connectivity index (χ3n) is 3.05. The molecule has 1 atom stereocenters. The maximum absolute atomic E-state index is 12.9. The van der Waals surface area contributed by atoms with Gasteiger partial charge in [0.05, 0.1) is 11.3 Å². The number of nitrogens with one attached hydrogen (secondary N) is 2. The third kappa shape index (κ3) is 4.79. The minimum absolute atomic E-state index is 0.253. The van der Waals surface area contributed by atoms with E-state index in [2.05, 4.69) is 10.9 Å². The Labute approximate surface area is 141 Å². The van der Waals surface area contributed by atoms with E-state index >= 15 is 0 Å². The Morgan fingerprint density at radius 2 is 1.75 bits per heavy atom. The van der Waals surface area contributed by atoms with Gasteiger partial charge in [0.1, 0.15) is 5.75 Å². The molecule has 0 radical (unpaired) electrons. The van der Waals surface area contributed by atoms with E-state index in [0.717, 1.165) is 6.07 Å². The number of amides is 1. The Bertz CT molecular complexity index is 705. The summed E-state index contributed by atoms with van der Waals surface area (Å²) in [6.07, 6.45) is -5.45. The Balaban J connectivity index is 1.97. The van der Waals surface area contributed by atoms with Crippen LogP contribution in [0.4, 0.5) is 18.9 Å². The zero-order valence-electron chi connectivity index (χ0n) is 12.5. The van der Waals surface area contributed by atoms with Crippen molar-refractivity contribution in [1.29, 1.82) is 0 Å². The number of ether oxygens (including phenoxy) is 1. The monoisotopic (exact) mass is 358 g/mol. The number of hydrogen-bond donors (Lipinski definition) is 2. The Morgan fingerprint density at radius 3 is 2.38 bits per heavy atom. The molecule has 0 aliphatic carbocycles. The molecule has 0 saturated carbocycles. The normalized spacial score (nSPS) is 12.4. The second-order valence-corrected chi connectivity index (χ2v) is 5.31. The van der Waals surface area contributed by atoms with Crippen molar-refractivity contribution < 1.29 is 22.7 Å². The van der Waals surface area contributed by atoms with Crippen LogP contribution in [0.1, 0.15) is 12.5 Å². The van der Waals surface area contributed by atoms with Gasteiger partial charge in [0.2, 0.25) is 0 Å². The minimum Gasteiger partial charge on any atom is -0.481 e. The van der Waals surface area contributed by atoms with Gasteiger partial charge in [-0.3, -0.25) is 15.6 Å².